The first-order chi connectivity index (χ1) is 14.6. The number of amides is 2. The summed E-state index contributed by atoms with van der Waals surface area (Å²) in [6.07, 6.45) is -1.64. The first-order valence-electron chi connectivity index (χ1n) is 9.57. The van der Waals surface area contributed by atoms with E-state index in [9.17, 15) is 22.8 Å². The highest BCUT2D eigenvalue weighted by atomic mass is 79.9. The molecule has 2 atom stereocenters. The van der Waals surface area contributed by atoms with Crippen molar-refractivity contribution < 1.29 is 22.8 Å². The van der Waals surface area contributed by atoms with E-state index in [0.717, 1.165) is 11.4 Å². The molecule has 1 fully saturated rings. The fraction of sp³-hybridized carbons (Fsp3) is 0.421. The molecule has 0 unspecified atom stereocenters. The first-order valence-corrected chi connectivity index (χ1v) is 10.4. The number of fused-ring (bicyclic) bond motifs is 4. The number of hydrogen-bond donors (Lipinski definition) is 1. The average Bonchev–Trinajstić information content (AvgIpc) is 3.11. The molecule has 2 aromatic heterocycles. The van der Waals surface area contributed by atoms with Crippen LogP contribution in [0.2, 0.25) is 0 Å². The van der Waals surface area contributed by atoms with Gasteiger partial charge in [0.15, 0.2) is 11.6 Å². The van der Waals surface area contributed by atoms with E-state index in [-0.39, 0.29) is 17.7 Å². The van der Waals surface area contributed by atoms with Gasteiger partial charge in [0.2, 0.25) is 5.78 Å². The Labute approximate surface area is 184 Å². The number of anilines is 3. The van der Waals surface area contributed by atoms with Crippen molar-refractivity contribution in [3.63, 3.8) is 0 Å². The molecule has 164 valence electrons. The second-order valence-electron chi connectivity index (χ2n) is 7.52. The van der Waals surface area contributed by atoms with Crippen LogP contribution in [0.25, 0.3) is 0 Å². The van der Waals surface area contributed by atoms with Gasteiger partial charge in [-0.2, -0.15) is 13.2 Å². The lowest BCUT2D eigenvalue weighted by atomic mass is 10.0. The summed E-state index contributed by atoms with van der Waals surface area (Å²) in [7, 11) is 0. The monoisotopic (exact) mass is 498 g/mol. The Morgan fingerprint density at radius 3 is 2.84 bits per heavy atom. The summed E-state index contributed by atoms with van der Waals surface area (Å²) in [6.45, 7) is 2.19. The Hall–Kier alpha value is -2.76. The summed E-state index contributed by atoms with van der Waals surface area (Å²) in [5.41, 5.74) is 0.562. The number of urea groups is 1. The predicted molar refractivity (Wildman–Crippen MR) is 110 cm³/mol. The number of Topliss-reactive ketones (excluding diaryl/α,β-unsaturated/α-hetero) is 1. The normalized spacial score (nSPS) is 18.5. The minimum Gasteiger partial charge on any atom is -0.365 e. The molecule has 2 aromatic rings. The van der Waals surface area contributed by atoms with Gasteiger partial charge < -0.3 is 4.90 Å². The third-order valence-corrected chi connectivity index (χ3v) is 5.82. The number of halogens is 4. The van der Waals surface area contributed by atoms with Gasteiger partial charge in [0.25, 0.3) is 0 Å². The molecule has 0 saturated carbocycles. The molecule has 31 heavy (non-hydrogen) atoms. The van der Waals surface area contributed by atoms with Crippen LogP contribution in [0, 0.1) is 5.92 Å². The van der Waals surface area contributed by atoms with E-state index in [1.807, 2.05) is 4.90 Å². The Balaban J connectivity index is 1.63. The van der Waals surface area contributed by atoms with Gasteiger partial charge in [0.05, 0.1) is 23.8 Å². The molecular weight excluding hydrogens is 481 g/mol. The van der Waals surface area contributed by atoms with Crippen molar-refractivity contribution in [2.24, 2.45) is 5.92 Å². The maximum absolute atomic E-state index is 13.1. The molecule has 4 rings (SSSR count). The molecule has 2 aliphatic heterocycles. The zero-order valence-electron chi connectivity index (χ0n) is 16.4. The Bertz CT molecular complexity index is 1030. The summed E-state index contributed by atoms with van der Waals surface area (Å²) in [5, 5.41) is 2.71. The number of nitrogens with zero attached hydrogens (tertiary/aromatic N) is 5. The van der Waals surface area contributed by atoms with Crippen molar-refractivity contribution in [3.8, 4) is 0 Å². The molecule has 0 aromatic carbocycles. The number of carbonyl (C=O) groups is 2. The van der Waals surface area contributed by atoms with Crippen molar-refractivity contribution >= 4 is 45.1 Å². The fourth-order valence-electron chi connectivity index (χ4n) is 3.64. The molecule has 8 nitrogen and oxygen atoms in total. The molecule has 0 aliphatic carbocycles. The van der Waals surface area contributed by atoms with E-state index in [4.69, 9.17) is 0 Å². The van der Waals surface area contributed by atoms with Crippen LogP contribution in [0.1, 0.15) is 30.4 Å². The summed E-state index contributed by atoms with van der Waals surface area (Å²) in [5.74, 6) is -2.45. The molecule has 4 heterocycles. The lowest BCUT2D eigenvalue weighted by Gasteiger charge is -2.35. The first kappa shape index (κ1) is 21.5. The van der Waals surface area contributed by atoms with Gasteiger partial charge in [-0.05, 0) is 18.6 Å². The van der Waals surface area contributed by atoms with Gasteiger partial charge in [-0.1, -0.05) is 22.9 Å². The van der Waals surface area contributed by atoms with E-state index < -0.39 is 30.3 Å². The van der Waals surface area contributed by atoms with Crippen LogP contribution < -0.4 is 15.1 Å². The van der Waals surface area contributed by atoms with Crippen LogP contribution >= 0.6 is 15.9 Å². The topological polar surface area (TPSA) is 91.3 Å². The number of alkyl halides is 3. The van der Waals surface area contributed by atoms with Crippen molar-refractivity contribution in [2.75, 3.05) is 28.2 Å². The van der Waals surface area contributed by atoms with E-state index >= 15 is 0 Å². The Morgan fingerprint density at radius 1 is 1.35 bits per heavy atom. The zero-order valence-corrected chi connectivity index (χ0v) is 17.9. The maximum Gasteiger partial charge on any atom is 0.391 e. The quantitative estimate of drug-likeness (QED) is 0.639. The minimum absolute atomic E-state index is 0.188. The standard InChI is InChI=1S/C19H18BrF3N6O2/c1-10(19(21,22)23)6-14(30)16-25-8-13-17(27-16)29(12-3-5-28(13)9-12)18(31)26-15-7-11(20)2-4-24-15/h2,4,7-8,10,12H,3,5-6,9H2,1H3,(H,24,26,31)/t10-,12-/m0/s1. The van der Waals surface area contributed by atoms with Crippen LogP contribution in [0.3, 0.4) is 0 Å². The van der Waals surface area contributed by atoms with Gasteiger partial charge in [-0.25, -0.2) is 19.7 Å². The minimum atomic E-state index is -4.49. The van der Waals surface area contributed by atoms with Crippen LogP contribution in [0.5, 0.6) is 0 Å². The van der Waals surface area contributed by atoms with E-state index in [1.54, 1.807) is 12.1 Å². The van der Waals surface area contributed by atoms with Crippen molar-refractivity contribution in [2.45, 2.75) is 32.0 Å². The van der Waals surface area contributed by atoms with Crippen LogP contribution in [0.4, 0.5) is 35.3 Å². The third-order valence-electron chi connectivity index (χ3n) is 5.32. The van der Waals surface area contributed by atoms with Crippen LogP contribution in [0.15, 0.2) is 29.0 Å². The molecule has 2 amide bonds. The fourth-order valence-corrected chi connectivity index (χ4v) is 3.97. The second-order valence-corrected chi connectivity index (χ2v) is 8.44. The largest absolute Gasteiger partial charge is 0.391 e. The lowest BCUT2D eigenvalue weighted by molar-refractivity contribution is -0.168. The number of carbonyl (C=O) groups excluding carboxylic acids is 2. The predicted octanol–water partition coefficient (Wildman–Crippen LogP) is 4.04. The van der Waals surface area contributed by atoms with Gasteiger partial charge in [0, 0.05) is 30.2 Å². The summed E-state index contributed by atoms with van der Waals surface area (Å²) in [6, 6.07) is 2.68. The molecular formula is C19H18BrF3N6O2. The molecule has 2 bridgehead atoms. The Morgan fingerprint density at radius 2 is 2.13 bits per heavy atom. The van der Waals surface area contributed by atoms with Crippen molar-refractivity contribution in [3.05, 3.63) is 34.8 Å². The van der Waals surface area contributed by atoms with Gasteiger partial charge in [0.1, 0.15) is 5.82 Å². The number of rotatable bonds is 4. The molecule has 0 radical (unpaired) electrons. The Kier molecular flexibility index (Phi) is 5.58. The second kappa shape index (κ2) is 8.06. The highest BCUT2D eigenvalue weighted by molar-refractivity contribution is 9.10. The van der Waals surface area contributed by atoms with Gasteiger partial charge >= 0.3 is 12.2 Å². The van der Waals surface area contributed by atoms with Crippen molar-refractivity contribution in [1.29, 1.82) is 0 Å². The number of nitrogens with one attached hydrogen (secondary N) is 1. The molecule has 0 spiro atoms. The van der Waals surface area contributed by atoms with Gasteiger partial charge in [-0.15, -0.1) is 0 Å². The van der Waals surface area contributed by atoms with E-state index in [1.165, 1.54) is 17.3 Å². The SMILES string of the molecule is C[C@@H](CC(=O)c1ncc2c(n1)N(C(=O)Nc1cc(Br)ccn1)[C@H]1CCN2C1)C(F)(F)F. The maximum atomic E-state index is 13.1. The number of aromatic nitrogens is 3. The summed E-state index contributed by atoms with van der Waals surface area (Å²) in [4.78, 5) is 41.2. The van der Waals surface area contributed by atoms with Gasteiger partial charge in [-0.3, -0.25) is 15.0 Å². The lowest BCUT2D eigenvalue weighted by Crippen LogP contribution is -2.48. The van der Waals surface area contributed by atoms with Crippen LogP contribution in [-0.4, -0.2) is 52.1 Å². The van der Waals surface area contributed by atoms with E-state index in [2.05, 4.69) is 36.2 Å². The van der Waals surface area contributed by atoms with Crippen LogP contribution in [-0.2, 0) is 0 Å². The smallest absolute Gasteiger partial charge is 0.365 e. The van der Waals surface area contributed by atoms with E-state index in [0.29, 0.717) is 31.0 Å². The number of pyridine rings is 1. The zero-order chi connectivity index (χ0) is 22.3. The highest BCUT2D eigenvalue weighted by Crippen LogP contribution is 2.39. The average molecular weight is 499 g/mol. The summed E-state index contributed by atoms with van der Waals surface area (Å²) < 4.78 is 39.3. The molecule has 12 heteroatoms. The molecule has 2 aliphatic rings. The third kappa shape index (κ3) is 4.34. The number of hydrogen-bond acceptors (Lipinski definition) is 6. The molecule has 1 N–H and O–H groups in total. The summed E-state index contributed by atoms with van der Waals surface area (Å²) >= 11 is 3.32. The highest BCUT2D eigenvalue weighted by Gasteiger charge is 2.42. The molecule has 1 saturated heterocycles. The van der Waals surface area contributed by atoms with Crippen molar-refractivity contribution in [1.82, 2.24) is 15.0 Å². The number of ketones is 1.